The minimum atomic E-state index is -0.370. The Morgan fingerprint density at radius 2 is 2.04 bits per heavy atom. The predicted octanol–water partition coefficient (Wildman–Crippen LogP) is 4.06. The second-order valence-electron chi connectivity index (χ2n) is 5.74. The molecule has 27 heavy (non-hydrogen) atoms. The third-order valence-electron chi connectivity index (χ3n) is 3.51. The van der Waals surface area contributed by atoms with Gasteiger partial charge in [0.25, 0.3) is 0 Å². The van der Waals surface area contributed by atoms with Gasteiger partial charge < -0.3 is 15.4 Å². The van der Waals surface area contributed by atoms with Gasteiger partial charge in [0.1, 0.15) is 11.3 Å². The van der Waals surface area contributed by atoms with Gasteiger partial charge >= 0.3 is 0 Å². The van der Waals surface area contributed by atoms with E-state index in [1.54, 1.807) is 30.5 Å². The van der Waals surface area contributed by atoms with Gasteiger partial charge in [-0.1, -0.05) is 29.8 Å². The van der Waals surface area contributed by atoms with Gasteiger partial charge in [-0.15, -0.1) is 24.0 Å². The summed E-state index contributed by atoms with van der Waals surface area (Å²) >= 11 is 5.78. The van der Waals surface area contributed by atoms with Crippen LogP contribution in [0.5, 0.6) is 5.75 Å². The lowest BCUT2D eigenvalue weighted by molar-refractivity contribution is 0.220. The highest BCUT2D eigenvalue weighted by Gasteiger charge is 2.08. The quantitative estimate of drug-likeness (QED) is 0.245. The summed E-state index contributed by atoms with van der Waals surface area (Å²) in [6.45, 7) is 5.72. The van der Waals surface area contributed by atoms with Crippen molar-refractivity contribution in [2.24, 2.45) is 4.99 Å². The number of guanidine groups is 1. The van der Waals surface area contributed by atoms with Crippen LogP contribution in [-0.2, 0) is 6.42 Å². The van der Waals surface area contributed by atoms with Crippen LogP contribution in [0.3, 0.4) is 0 Å². The highest BCUT2D eigenvalue weighted by atomic mass is 127. The van der Waals surface area contributed by atoms with Crippen LogP contribution < -0.4 is 15.4 Å². The molecular weight excluding hydrogens is 482 g/mol. The van der Waals surface area contributed by atoms with Gasteiger partial charge in [0, 0.05) is 19.3 Å². The van der Waals surface area contributed by atoms with E-state index in [-0.39, 0.29) is 41.6 Å². The molecule has 2 aromatic rings. The molecule has 2 rings (SSSR count). The predicted molar refractivity (Wildman–Crippen MR) is 119 cm³/mol. The molecule has 0 saturated carbocycles. The number of hydrogen-bond donors (Lipinski definition) is 2. The lowest BCUT2D eigenvalue weighted by atomic mass is 10.2. The van der Waals surface area contributed by atoms with E-state index in [1.807, 2.05) is 19.9 Å². The van der Waals surface area contributed by atoms with Crippen LogP contribution in [0.15, 0.2) is 47.6 Å². The van der Waals surface area contributed by atoms with Gasteiger partial charge in [0.15, 0.2) is 17.5 Å². The maximum atomic E-state index is 13.6. The lowest BCUT2D eigenvalue weighted by Crippen LogP contribution is -2.39. The van der Waals surface area contributed by atoms with Crippen molar-refractivity contribution in [1.82, 2.24) is 15.6 Å². The number of hydrogen-bond acceptors (Lipinski definition) is 3. The number of halogens is 3. The first-order valence-electron chi connectivity index (χ1n) is 8.62. The number of nitrogens with one attached hydrogen (secondary N) is 2. The van der Waals surface area contributed by atoms with Gasteiger partial charge in [0.05, 0.1) is 6.54 Å². The first-order chi connectivity index (χ1) is 12.6. The maximum Gasteiger partial charge on any atom is 0.191 e. The van der Waals surface area contributed by atoms with Crippen LogP contribution in [0.4, 0.5) is 4.39 Å². The van der Waals surface area contributed by atoms with Crippen molar-refractivity contribution in [3.05, 3.63) is 59.1 Å². The summed E-state index contributed by atoms with van der Waals surface area (Å²) < 4.78 is 19.2. The summed E-state index contributed by atoms with van der Waals surface area (Å²) in [5.41, 5.74) is 1.09. The molecule has 0 bridgehead atoms. The number of rotatable bonds is 8. The van der Waals surface area contributed by atoms with Gasteiger partial charge in [-0.3, -0.25) is 0 Å². The van der Waals surface area contributed by atoms with Crippen molar-refractivity contribution < 1.29 is 9.13 Å². The summed E-state index contributed by atoms with van der Waals surface area (Å²) in [4.78, 5) is 8.56. The Morgan fingerprint density at radius 1 is 1.26 bits per heavy atom. The van der Waals surface area contributed by atoms with Crippen LogP contribution in [0.2, 0.25) is 5.15 Å². The molecule has 0 fully saturated rings. The number of para-hydroxylation sites is 1. The third-order valence-corrected chi connectivity index (χ3v) is 3.73. The number of aromatic nitrogens is 1. The Balaban J connectivity index is 0.00000364. The highest BCUT2D eigenvalue weighted by molar-refractivity contribution is 14.0. The van der Waals surface area contributed by atoms with Crippen LogP contribution in [-0.4, -0.2) is 36.7 Å². The Kier molecular flexibility index (Phi) is 11.0. The Labute approximate surface area is 181 Å². The average molecular weight is 507 g/mol. The standard InChI is InChI=1S/C19H24ClFN4O.HI/c1-3-22-19(23-11-10-15-8-9-18(20)24-13-15)25-12-14(2)26-17-7-5-4-6-16(17)21;/h4-9,13-14H,3,10-12H2,1-2H3,(H2,22,23,25);1H. The van der Waals surface area contributed by atoms with E-state index in [9.17, 15) is 4.39 Å². The molecule has 0 spiro atoms. The fraction of sp³-hybridized carbons (Fsp3) is 0.368. The van der Waals surface area contributed by atoms with Crippen molar-refractivity contribution in [2.75, 3.05) is 19.6 Å². The number of pyridine rings is 1. The summed E-state index contributed by atoms with van der Waals surface area (Å²) in [5.74, 6) is 0.562. The molecule has 5 nitrogen and oxygen atoms in total. The summed E-state index contributed by atoms with van der Waals surface area (Å²) in [6.07, 6.45) is 2.32. The van der Waals surface area contributed by atoms with Crippen molar-refractivity contribution in [2.45, 2.75) is 26.4 Å². The van der Waals surface area contributed by atoms with Crippen LogP contribution >= 0.6 is 35.6 Å². The van der Waals surface area contributed by atoms with Crippen molar-refractivity contribution in [3.63, 3.8) is 0 Å². The first kappa shape index (κ1) is 23.4. The lowest BCUT2D eigenvalue weighted by Gasteiger charge is -2.15. The van der Waals surface area contributed by atoms with Crippen molar-refractivity contribution in [3.8, 4) is 5.75 Å². The van der Waals surface area contributed by atoms with E-state index in [0.717, 1.165) is 18.5 Å². The Hall–Kier alpha value is -1.61. The average Bonchev–Trinajstić information content (AvgIpc) is 2.63. The normalized spacial score (nSPS) is 12.1. The van der Waals surface area contributed by atoms with E-state index in [1.165, 1.54) is 6.07 Å². The summed E-state index contributed by atoms with van der Waals surface area (Å²) in [5, 5.41) is 6.93. The Morgan fingerprint density at radius 3 is 2.70 bits per heavy atom. The highest BCUT2D eigenvalue weighted by Crippen LogP contribution is 2.16. The van der Waals surface area contributed by atoms with Gasteiger partial charge in [0.2, 0.25) is 0 Å². The molecule has 8 heteroatoms. The van der Waals surface area contributed by atoms with Gasteiger partial charge in [-0.05, 0) is 44.0 Å². The zero-order valence-electron chi connectivity index (χ0n) is 15.4. The van der Waals surface area contributed by atoms with E-state index < -0.39 is 0 Å². The minimum absolute atomic E-state index is 0. The van der Waals surface area contributed by atoms with Crippen LogP contribution in [0.1, 0.15) is 19.4 Å². The second kappa shape index (κ2) is 12.7. The molecule has 1 heterocycles. The third kappa shape index (κ3) is 8.75. The van der Waals surface area contributed by atoms with Gasteiger partial charge in [-0.2, -0.15) is 0 Å². The number of benzene rings is 1. The van der Waals surface area contributed by atoms with E-state index in [4.69, 9.17) is 16.3 Å². The molecule has 0 radical (unpaired) electrons. The zero-order valence-corrected chi connectivity index (χ0v) is 18.5. The molecular formula is C19H25ClFIN4O. The maximum absolute atomic E-state index is 13.6. The summed E-state index contributed by atoms with van der Waals surface area (Å²) in [7, 11) is 0. The molecule has 1 atom stereocenters. The van der Waals surface area contributed by atoms with Crippen molar-refractivity contribution in [1.29, 1.82) is 0 Å². The molecule has 2 N–H and O–H groups in total. The SMILES string of the molecule is CCNC(=NCC(C)Oc1ccccc1F)NCCc1ccc(Cl)nc1.I. The molecule has 0 aliphatic carbocycles. The molecule has 1 aromatic carbocycles. The Bertz CT molecular complexity index is 715. The first-order valence-corrected chi connectivity index (χ1v) is 9.00. The number of aliphatic imine (C=N–C) groups is 1. The molecule has 1 unspecified atom stereocenters. The molecule has 1 aromatic heterocycles. The fourth-order valence-electron chi connectivity index (χ4n) is 2.24. The number of nitrogens with zero attached hydrogens (tertiary/aromatic N) is 2. The smallest absolute Gasteiger partial charge is 0.191 e. The van der Waals surface area contributed by atoms with E-state index >= 15 is 0 Å². The number of ether oxygens (including phenoxy) is 1. The molecule has 0 aliphatic heterocycles. The fourth-order valence-corrected chi connectivity index (χ4v) is 2.35. The largest absolute Gasteiger partial charge is 0.486 e. The monoisotopic (exact) mass is 506 g/mol. The molecule has 0 aliphatic rings. The van der Waals surface area contributed by atoms with Gasteiger partial charge in [-0.25, -0.2) is 14.4 Å². The van der Waals surface area contributed by atoms with E-state index in [0.29, 0.717) is 24.2 Å². The second-order valence-corrected chi connectivity index (χ2v) is 6.13. The molecule has 0 saturated heterocycles. The van der Waals surface area contributed by atoms with Crippen LogP contribution in [0, 0.1) is 5.82 Å². The van der Waals surface area contributed by atoms with Crippen molar-refractivity contribution >= 4 is 41.5 Å². The minimum Gasteiger partial charge on any atom is -0.486 e. The summed E-state index contributed by atoms with van der Waals surface area (Å²) in [6, 6.07) is 10.1. The molecule has 148 valence electrons. The van der Waals surface area contributed by atoms with E-state index in [2.05, 4.69) is 20.6 Å². The topological polar surface area (TPSA) is 58.5 Å². The van der Waals surface area contributed by atoms with Crippen LogP contribution in [0.25, 0.3) is 0 Å². The molecule has 0 amide bonds. The zero-order chi connectivity index (χ0) is 18.8.